The van der Waals surface area contributed by atoms with Gasteiger partial charge in [0.1, 0.15) is 11.4 Å². The normalized spacial score (nSPS) is 12.0. The summed E-state index contributed by atoms with van der Waals surface area (Å²) in [6, 6.07) is 8.06. The number of nitrogens with one attached hydrogen (secondary N) is 1. The van der Waals surface area contributed by atoms with Crippen molar-refractivity contribution in [2.24, 2.45) is 0 Å². The monoisotopic (exact) mass is 431 g/mol. The number of nitrogens with zero attached hydrogens (tertiary/aromatic N) is 2. The first-order chi connectivity index (χ1) is 14.1. The van der Waals surface area contributed by atoms with Crippen molar-refractivity contribution < 1.29 is 22.7 Å². The number of aromatic nitrogens is 2. The number of hydrogen-bond donors (Lipinski definition) is 1. The summed E-state index contributed by atoms with van der Waals surface area (Å²) in [5.74, 6) is 0.451. The van der Waals surface area contributed by atoms with Gasteiger partial charge < -0.3 is 14.8 Å². The SMILES string of the molecule is COc1cccc(S(=O)(=O)n2cc(CCNC(=O)OC(C)(C)C)c3ccncc32)c1. The van der Waals surface area contributed by atoms with Crippen molar-refractivity contribution >= 4 is 27.0 Å². The number of rotatable bonds is 6. The summed E-state index contributed by atoms with van der Waals surface area (Å²) in [5, 5.41) is 3.45. The number of ether oxygens (including phenoxy) is 2. The molecule has 30 heavy (non-hydrogen) atoms. The minimum absolute atomic E-state index is 0.112. The van der Waals surface area contributed by atoms with Gasteiger partial charge in [-0.1, -0.05) is 6.07 Å². The second-order valence-corrected chi connectivity index (χ2v) is 9.52. The molecular weight excluding hydrogens is 406 g/mol. The molecule has 0 aliphatic carbocycles. The Morgan fingerprint density at radius 1 is 1.23 bits per heavy atom. The summed E-state index contributed by atoms with van der Waals surface area (Å²) < 4.78 is 38.1. The molecule has 2 aromatic heterocycles. The van der Waals surface area contributed by atoms with Gasteiger partial charge in [-0.2, -0.15) is 0 Å². The van der Waals surface area contributed by atoms with Gasteiger partial charge in [0, 0.05) is 30.4 Å². The summed E-state index contributed by atoms with van der Waals surface area (Å²) in [7, 11) is -2.38. The van der Waals surface area contributed by atoms with Crippen LogP contribution < -0.4 is 10.1 Å². The fourth-order valence-electron chi connectivity index (χ4n) is 3.00. The Morgan fingerprint density at radius 2 is 2.00 bits per heavy atom. The van der Waals surface area contributed by atoms with E-state index in [1.54, 1.807) is 51.4 Å². The highest BCUT2D eigenvalue weighted by atomic mass is 32.2. The Labute approximate surface area is 175 Å². The van der Waals surface area contributed by atoms with Crippen molar-refractivity contribution in [3.8, 4) is 5.75 Å². The molecule has 0 fully saturated rings. The van der Waals surface area contributed by atoms with E-state index >= 15 is 0 Å². The predicted molar refractivity (Wildman–Crippen MR) is 113 cm³/mol. The highest BCUT2D eigenvalue weighted by Gasteiger charge is 2.22. The van der Waals surface area contributed by atoms with Gasteiger partial charge in [-0.25, -0.2) is 17.2 Å². The average Bonchev–Trinajstić information content (AvgIpc) is 3.06. The van der Waals surface area contributed by atoms with E-state index in [2.05, 4.69) is 10.3 Å². The highest BCUT2D eigenvalue weighted by Crippen LogP contribution is 2.27. The maximum atomic E-state index is 13.3. The molecule has 2 heterocycles. The third-order valence-corrected chi connectivity index (χ3v) is 5.99. The lowest BCUT2D eigenvalue weighted by atomic mass is 10.1. The number of hydrogen-bond acceptors (Lipinski definition) is 6. The Morgan fingerprint density at radius 3 is 2.70 bits per heavy atom. The Balaban J connectivity index is 1.89. The van der Waals surface area contributed by atoms with E-state index in [1.165, 1.54) is 29.4 Å². The van der Waals surface area contributed by atoms with Gasteiger partial charge in [0.2, 0.25) is 0 Å². The summed E-state index contributed by atoms with van der Waals surface area (Å²) >= 11 is 0. The second-order valence-electron chi connectivity index (χ2n) is 7.71. The largest absolute Gasteiger partial charge is 0.497 e. The molecule has 9 heteroatoms. The molecule has 0 unspecified atom stereocenters. The number of carbonyl (C=O) groups is 1. The minimum Gasteiger partial charge on any atom is -0.497 e. The molecule has 0 saturated carbocycles. The third kappa shape index (κ3) is 4.73. The van der Waals surface area contributed by atoms with E-state index in [4.69, 9.17) is 9.47 Å². The van der Waals surface area contributed by atoms with Gasteiger partial charge in [0.15, 0.2) is 0 Å². The molecular formula is C21H25N3O5S. The molecule has 0 aliphatic rings. The zero-order valence-electron chi connectivity index (χ0n) is 17.4. The van der Waals surface area contributed by atoms with Gasteiger partial charge in [-0.15, -0.1) is 0 Å². The van der Waals surface area contributed by atoms with Crippen molar-refractivity contribution in [3.63, 3.8) is 0 Å². The lowest BCUT2D eigenvalue weighted by Gasteiger charge is -2.19. The Kier molecular flexibility index (Phi) is 6.02. The van der Waals surface area contributed by atoms with E-state index < -0.39 is 21.7 Å². The van der Waals surface area contributed by atoms with E-state index in [-0.39, 0.29) is 4.90 Å². The smallest absolute Gasteiger partial charge is 0.407 e. The number of alkyl carbamates (subject to hydrolysis) is 1. The third-order valence-electron chi connectivity index (χ3n) is 4.32. The quantitative estimate of drug-likeness (QED) is 0.643. The lowest BCUT2D eigenvalue weighted by Crippen LogP contribution is -2.33. The van der Waals surface area contributed by atoms with Crippen LogP contribution >= 0.6 is 0 Å². The van der Waals surface area contributed by atoms with Crippen LogP contribution in [0.4, 0.5) is 4.79 Å². The van der Waals surface area contributed by atoms with Crippen LogP contribution in [-0.2, 0) is 21.2 Å². The standard InChI is InChI=1S/C21H25N3O5S/c1-21(2,3)29-20(25)23-11-8-15-14-24(19-13-22-10-9-18(15)19)30(26,27)17-7-5-6-16(12-17)28-4/h5-7,9-10,12-14H,8,11H2,1-4H3,(H,23,25). The number of amides is 1. The van der Waals surface area contributed by atoms with Crippen LogP contribution in [0, 0.1) is 0 Å². The second kappa shape index (κ2) is 8.35. The average molecular weight is 432 g/mol. The fraction of sp³-hybridized carbons (Fsp3) is 0.333. The molecule has 8 nitrogen and oxygen atoms in total. The number of fused-ring (bicyclic) bond motifs is 1. The van der Waals surface area contributed by atoms with Crippen LogP contribution in [0.15, 0.2) is 53.8 Å². The predicted octanol–water partition coefficient (Wildman–Crippen LogP) is 3.35. The molecule has 1 aromatic carbocycles. The molecule has 1 N–H and O–H groups in total. The van der Waals surface area contributed by atoms with Gasteiger partial charge in [-0.3, -0.25) is 4.98 Å². The summed E-state index contributed by atoms with van der Waals surface area (Å²) in [6.45, 7) is 5.67. The first-order valence-electron chi connectivity index (χ1n) is 9.42. The molecule has 0 atom stereocenters. The zero-order valence-corrected chi connectivity index (χ0v) is 18.2. The Hall–Kier alpha value is -3.07. The first kappa shape index (κ1) is 21.6. The topological polar surface area (TPSA) is 99.5 Å². The molecule has 1 amide bonds. The number of benzene rings is 1. The zero-order chi connectivity index (χ0) is 21.9. The van der Waals surface area contributed by atoms with Crippen molar-refractivity contribution in [2.75, 3.05) is 13.7 Å². The molecule has 0 bridgehead atoms. The van der Waals surface area contributed by atoms with E-state index in [0.717, 1.165) is 10.9 Å². The molecule has 0 radical (unpaired) electrons. The lowest BCUT2D eigenvalue weighted by molar-refractivity contribution is 0.0528. The molecule has 160 valence electrons. The minimum atomic E-state index is -3.86. The van der Waals surface area contributed by atoms with Crippen LogP contribution in [0.1, 0.15) is 26.3 Å². The molecule has 3 rings (SSSR count). The van der Waals surface area contributed by atoms with Crippen molar-refractivity contribution in [2.45, 2.75) is 37.7 Å². The summed E-state index contributed by atoms with van der Waals surface area (Å²) in [5.41, 5.74) is 0.652. The van der Waals surface area contributed by atoms with E-state index in [9.17, 15) is 13.2 Å². The molecule has 0 saturated heterocycles. The van der Waals surface area contributed by atoms with Gasteiger partial charge in [0.25, 0.3) is 10.0 Å². The number of methoxy groups -OCH3 is 1. The van der Waals surface area contributed by atoms with Gasteiger partial charge in [0.05, 0.1) is 23.7 Å². The van der Waals surface area contributed by atoms with Gasteiger partial charge in [-0.05, 0) is 51.0 Å². The number of carbonyl (C=O) groups excluding carboxylic acids is 1. The Bertz CT molecular complexity index is 1160. The van der Waals surface area contributed by atoms with Crippen LogP contribution in [0.5, 0.6) is 5.75 Å². The molecule has 0 spiro atoms. The number of pyridine rings is 1. The highest BCUT2D eigenvalue weighted by molar-refractivity contribution is 7.90. The molecule has 3 aromatic rings. The van der Waals surface area contributed by atoms with Crippen LogP contribution in [0.3, 0.4) is 0 Å². The van der Waals surface area contributed by atoms with Crippen LogP contribution in [0.2, 0.25) is 0 Å². The van der Waals surface area contributed by atoms with Crippen molar-refractivity contribution in [1.82, 2.24) is 14.3 Å². The fourth-order valence-corrected chi connectivity index (χ4v) is 4.41. The van der Waals surface area contributed by atoms with Crippen molar-refractivity contribution in [3.05, 3.63) is 54.5 Å². The summed E-state index contributed by atoms with van der Waals surface area (Å²) in [4.78, 5) is 16.1. The van der Waals surface area contributed by atoms with Gasteiger partial charge >= 0.3 is 6.09 Å². The van der Waals surface area contributed by atoms with Crippen LogP contribution in [-0.4, -0.2) is 42.7 Å². The first-order valence-corrected chi connectivity index (χ1v) is 10.9. The molecule has 0 aliphatic heterocycles. The van der Waals surface area contributed by atoms with Crippen LogP contribution in [0.25, 0.3) is 10.9 Å². The maximum absolute atomic E-state index is 13.3. The van der Waals surface area contributed by atoms with Crippen molar-refractivity contribution in [1.29, 1.82) is 0 Å². The van der Waals surface area contributed by atoms with E-state index in [0.29, 0.717) is 24.2 Å². The van der Waals surface area contributed by atoms with E-state index in [1.807, 2.05) is 0 Å². The summed E-state index contributed by atoms with van der Waals surface area (Å²) in [6.07, 6.45) is 4.60. The maximum Gasteiger partial charge on any atom is 0.407 e.